The molecule has 0 aliphatic carbocycles. The third-order valence-corrected chi connectivity index (χ3v) is 4.40. The number of rotatable bonds is 5. The van der Waals surface area contributed by atoms with Crippen LogP contribution in [0.15, 0.2) is 33.4 Å². The van der Waals surface area contributed by atoms with E-state index in [1.807, 2.05) is 40.7 Å². The summed E-state index contributed by atoms with van der Waals surface area (Å²) >= 11 is 0. The van der Waals surface area contributed by atoms with Crippen molar-refractivity contribution < 1.29 is 18.5 Å². The van der Waals surface area contributed by atoms with Crippen LogP contribution in [-0.2, 0) is 4.79 Å². The van der Waals surface area contributed by atoms with E-state index >= 15 is 0 Å². The van der Waals surface area contributed by atoms with Crippen LogP contribution in [0.1, 0.15) is 36.3 Å². The summed E-state index contributed by atoms with van der Waals surface area (Å²) in [7, 11) is 0. The van der Waals surface area contributed by atoms with Crippen molar-refractivity contribution in [3.63, 3.8) is 0 Å². The number of benzene rings is 1. The predicted octanol–water partition coefficient (Wildman–Crippen LogP) is 4.79. The molecule has 0 saturated heterocycles. The minimum Gasteiger partial charge on any atom is -0.493 e. The van der Waals surface area contributed by atoms with Crippen LogP contribution < -0.4 is 10.1 Å². The molecule has 1 N–H and O–H groups in total. The largest absolute Gasteiger partial charge is 0.493 e. The van der Waals surface area contributed by atoms with Gasteiger partial charge in [-0.3, -0.25) is 4.79 Å². The Morgan fingerprint density at radius 2 is 2.08 bits per heavy atom. The minimum absolute atomic E-state index is 0.281. The van der Waals surface area contributed by atoms with Gasteiger partial charge in [0.25, 0.3) is 0 Å². The molecule has 26 heavy (non-hydrogen) atoms. The van der Waals surface area contributed by atoms with Gasteiger partial charge in [-0.15, -0.1) is 0 Å². The maximum absolute atomic E-state index is 12.3. The van der Waals surface area contributed by atoms with Crippen LogP contribution in [0.25, 0.3) is 16.5 Å². The topological polar surface area (TPSA) is 77.5 Å². The summed E-state index contributed by atoms with van der Waals surface area (Å²) in [6.07, 6.45) is 2.93. The molecule has 6 heteroatoms. The van der Waals surface area contributed by atoms with Crippen molar-refractivity contribution >= 4 is 28.3 Å². The third-order valence-electron chi connectivity index (χ3n) is 4.40. The summed E-state index contributed by atoms with van der Waals surface area (Å²) < 4.78 is 16.5. The maximum Gasteiger partial charge on any atom is 0.249 e. The second-order valence-corrected chi connectivity index (χ2v) is 6.17. The summed E-state index contributed by atoms with van der Waals surface area (Å²) in [5, 5.41) is 7.37. The molecule has 136 valence electrons. The van der Waals surface area contributed by atoms with Gasteiger partial charge in [0.1, 0.15) is 23.4 Å². The van der Waals surface area contributed by atoms with Gasteiger partial charge in [-0.05, 0) is 51.8 Å². The molecule has 0 atom stereocenters. The first kappa shape index (κ1) is 17.8. The highest BCUT2D eigenvalue weighted by Gasteiger charge is 2.18. The van der Waals surface area contributed by atoms with Crippen LogP contribution in [0.2, 0.25) is 0 Å². The molecule has 0 fully saturated rings. The Morgan fingerprint density at radius 1 is 1.31 bits per heavy atom. The fourth-order valence-electron chi connectivity index (χ4n) is 2.95. The number of hydrogen-bond acceptors (Lipinski definition) is 5. The number of nitrogens with one attached hydrogen (secondary N) is 1. The molecule has 1 aromatic carbocycles. The molecule has 1 amide bonds. The van der Waals surface area contributed by atoms with E-state index in [1.54, 1.807) is 6.07 Å². The lowest BCUT2D eigenvalue weighted by atomic mass is 9.98. The number of carbonyl (C=O) groups is 1. The van der Waals surface area contributed by atoms with E-state index < -0.39 is 0 Å². The molecule has 0 saturated carbocycles. The maximum atomic E-state index is 12.3. The van der Waals surface area contributed by atoms with Crippen LogP contribution in [0.5, 0.6) is 5.75 Å². The van der Waals surface area contributed by atoms with Gasteiger partial charge in [-0.1, -0.05) is 5.16 Å². The van der Waals surface area contributed by atoms with Crippen molar-refractivity contribution in [3.05, 3.63) is 46.9 Å². The van der Waals surface area contributed by atoms with Gasteiger partial charge in [0.05, 0.1) is 6.61 Å². The standard InChI is InChI=1S/C20H22N2O4/c1-6-24-19-13(4)20-16(12(3)14(5)26-20)10-15(19)11(2)9-18(23)21-17-7-8-25-22-17/h7-10H,6H2,1-5H3,(H,21,22,23)/b11-9+. The minimum atomic E-state index is -0.281. The normalized spacial score (nSPS) is 11.8. The Hall–Kier alpha value is -3.02. The Kier molecular flexibility index (Phi) is 4.84. The van der Waals surface area contributed by atoms with E-state index in [1.165, 1.54) is 12.3 Å². The van der Waals surface area contributed by atoms with Crippen molar-refractivity contribution in [2.45, 2.75) is 34.6 Å². The Labute approximate surface area is 151 Å². The molecule has 0 bridgehead atoms. The SMILES string of the molecule is CCOc1c(/C(C)=C/C(=O)Nc2ccon2)cc2c(C)c(C)oc2c1C. The summed E-state index contributed by atoms with van der Waals surface area (Å²) in [5.41, 5.74) is 4.51. The van der Waals surface area contributed by atoms with Crippen LogP contribution in [-0.4, -0.2) is 17.7 Å². The van der Waals surface area contributed by atoms with Gasteiger partial charge in [0.15, 0.2) is 5.82 Å². The number of ether oxygens (including phenoxy) is 1. The lowest BCUT2D eigenvalue weighted by Gasteiger charge is -2.14. The number of amides is 1. The monoisotopic (exact) mass is 354 g/mol. The third kappa shape index (κ3) is 3.22. The van der Waals surface area contributed by atoms with Crippen LogP contribution in [0, 0.1) is 20.8 Å². The van der Waals surface area contributed by atoms with E-state index in [0.717, 1.165) is 44.7 Å². The zero-order chi connectivity index (χ0) is 18.8. The molecule has 0 unspecified atom stereocenters. The highest BCUT2D eigenvalue weighted by Crippen LogP contribution is 2.38. The lowest BCUT2D eigenvalue weighted by Crippen LogP contribution is -2.09. The summed E-state index contributed by atoms with van der Waals surface area (Å²) in [4.78, 5) is 12.3. The number of carbonyl (C=O) groups excluding carboxylic acids is 1. The summed E-state index contributed by atoms with van der Waals surface area (Å²) in [5.74, 6) is 1.71. The fourth-order valence-corrected chi connectivity index (χ4v) is 2.95. The first-order valence-corrected chi connectivity index (χ1v) is 8.48. The summed E-state index contributed by atoms with van der Waals surface area (Å²) in [6, 6.07) is 3.61. The number of nitrogens with zero attached hydrogens (tertiary/aromatic N) is 1. The van der Waals surface area contributed by atoms with Gasteiger partial charge in [0, 0.05) is 28.7 Å². The van der Waals surface area contributed by atoms with E-state index in [2.05, 4.69) is 10.5 Å². The Morgan fingerprint density at radius 3 is 2.73 bits per heavy atom. The van der Waals surface area contributed by atoms with Crippen molar-refractivity contribution in [2.75, 3.05) is 11.9 Å². The van der Waals surface area contributed by atoms with Crippen LogP contribution in [0.3, 0.4) is 0 Å². The second kappa shape index (κ2) is 7.07. The molecule has 0 spiro atoms. The smallest absolute Gasteiger partial charge is 0.249 e. The van der Waals surface area contributed by atoms with Crippen molar-refractivity contribution in [1.82, 2.24) is 5.16 Å². The molecule has 6 nitrogen and oxygen atoms in total. The molecular formula is C20H22N2O4. The van der Waals surface area contributed by atoms with Crippen LogP contribution in [0.4, 0.5) is 5.82 Å². The Bertz CT molecular complexity index is 981. The number of furan rings is 1. The van der Waals surface area contributed by atoms with Gasteiger partial charge >= 0.3 is 0 Å². The van der Waals surface area contributed by atoms with E-state index in [0.29, 0.717) is 12.4 Å². The highest BCUT2D eigenvalue weighted by atomic mass is 16.5. The number of aryl methyl sites for hydroxylation is 3. The predicted molar refractivity (Wildman–Crippen MR) is 100 cm³/mol. The number of aromatic nitrogens is 1. The zero-order valence-electron chi connectivity index (χ0n) is 15.6. The molecule has 0 radical (unpaired) electrons. The number of anilines is 1. The van der Waals surface area contributed by atoms with E-state index in [-0.39, 0.29) is 5.91 Å². The molecule has 0 aliphatic rings. The van der Waals surface area contributed by atoms with Gasteiger partial charge in [-0.25, -0.2) is 0 Å². The molecular weight excluding hydrogens is 332 g/mol. The summed E-state index contributed by atoms with van der Waals surface area (Å²) in [6.45, 7) is 10.3. The first-order chi connectivity index (χ1) is 12.4. The highest BCUT2D eigenvalue weighted by molar-refractivity contribution is 6.04. The molecule has 0 aliphatic heterocycles. The number of allylic oxidation sites excluding steroid dienone is 1. The van der Waals surface area contributed by atoms with E-state index in [9.17, 15) is 4.79 Å². The first-order valence-electron chi connectivity index (χ1n) is 8.48. The number of hydrogen-bond donors (Lipinski definition) is 1. The zero-order valence-corrected chi connectivity index (χ0v) is 15.6. The van der Waals surface area contributed by atoms with Crippen molar-refractivity contribution in [1.29, 1.82) is 0 Å². The quantitative estimate of drug-likeness (QED) is 0.667. The molecule has 3 rings (SSSR count). The average Bonchev–Trinajstić information content (AvgIpc) is 3.19. The second-order valence-electron chi connectivity index (χ2n) is 6.17. The lowest BCUT2D eigenvalue weighted by molar-refractivity contribution is -0.111. The molecule has 3 aromatic rings. The van der Waals surface area contributed by atoms with Crippen LogP contribution >= 0.6 is 0 Å². The van der Waals surface area contributed by atoms with Crippen molar-refractivity contribution in [3.8, 4) is 5.75 Å². The van der Waals surface area contributed by atoms with E-state index in [4.69, 9.17) is 13.7 Å². The Balaban J connectivity index is 2.06. The van der Waals surface area contributed by atoms with Gasteiger partial charge in [-0.2, -0.15) is 0 Å². The number of fused-ring (bicyclic) bond motifs is 1. The molecule has 2 heterocycles. The fraction of sp³-hybridized carbons (Fsp3) is 0.300. The van der Waals surface area contributed by atoms with Gasteiger partial charge < -0.3 is 19.0 Å². The molecule has 2 aromatic heterocycles. The average molecular weight is 354 g/mol. The van der Waals surface area contributed by atoms with Crippen molar-refractivity contribution in [2.24, 2.45) is 0 Å². The van der Waals surface area contributed by atoms with Gasteiger partial charge in [0.2, 0.25) is 5.91 Å².